The second kappa shape index (κ2) is 10.3. The van der Waals surface area contributed by atoms with Crippen molar-refractivity contribution in [3.63, 3.8) is 0 Å². The van der Waals surface area contributed by atoms with Crippen LogP contribution in [0, 0.1) is 17.6 Å². The lowest BCUT2D eigenvalue weighted by atomic mass is 9.96. The van der Waals surface area contributed by atoms with Gasteiger partial charge in [0.1, 0.15) is 16.7 Å². The lowest BCUT2D eigenvalue weighted by Crippen LogP contribution is -2.43. The van der Waals surface area contributed by atoms with E-state index in [-0.39, 0.29) is 18.4 Å². The highest BCUT2D eigenvalue weighted by Crippen LogP contribution is 2.23. The number of rotatable bonds is 5. The van der Waals surface area contributed by atoms with Gasteiger partial charge in [-0.3, -0.25) is 14.4 Å². The van der Waals surface area contributed by atoms with Gasteiger partial charge in [-0.25, -0.2) is 13.8 Å². The van der Waals surface area contributed by atoms with E-state index in [1.807, 2.05) is 6.26 Å². The van der Waals surface area contributed by atoms with Gasteiger partial charge in [0.25, 0.3) is 5.91 Å². The number of hydrogen-bond acceptors (Lipinski definition) is 5. The molecule has 0 atom stereocenters. The van der Waals surface area contributed by atoms with Crippen molar-refractivity contribution in [1.82, 2.24) is 15.2 Å². The van der Waals surface area contributed by atoms with Crippen LogP contribution in [0.5, 0.6) is 0 Å². The third kappa shape index (κ3) is 5.78. The minimum absolute atomic E-state index is 0.0727. The van der Waals surface area contributed by atoms with Gasteiger partial charge in [0.15, 0.2) is 0 Å². The summed E-state index contributed by atoms with van der Waals surface area (Å²) in [5.41, 5.74) is 0.176. The Labute approximate surface area is 182 Å². The van der Waals surface area contributed by atoms with Gasteiger partial charge in [-0.1, -0.05) is 0 Å². The molecule has 0 aliphatic carbocycles. The van der Waals surface area contributed by atoms with Crippen LogP contribution in [0.15, 0.2) is 41.6 Å². The Kier molecular flexibility index (Phi) is 7.56. The first-order valence-corrected chi connectivity index (χ1v) is 10.9. The molecule has 2 heterocycles. The van der Waals surface area contributed by atoms with Gasteiger partial charge in [-0.2, -0.15) is 0 Å². The van der Waals surface area contributed by atoms with Crippen molar-refractivity contribution < 1.29 is 23.2 Å². The summed E-state index contributed by atoms with van der Waals surface area (Å²) in [6.07, 6.45) is 4.85. The SMILES string of the molecule is CSc1ncccc1C(=O)N1CCC(CNC(=O)C(=O)Nc2cc(F)ccc2F)CC1. The van der Waals surface area contributed by atoms with E-state index in [4.69, 9.17) is 0 Å². The number of benzene rings is 1. The molecular formula is C21H22F2N4O3S. The molecule has 1 aromatic heterocycles. The fraction of sp³-hybridized carbons (Fsp3) is 0.333. The van der Waals surface area contributed by atoms with E-state index in [1.54, 1.807) is 23.2 Å². The van der Waals surface area contributed by atoms with Crippen molar-refractivity contribution in [3.8, 4) is 0 Å². The van der Waals surface area contributed by atoms with Crippen LogP contribution in [-0.2, 0) is 9.59 Å². The van der Waals surface area contributed by atoms with Crippen LogP contribution in [0.1, 0.15) is 23.2 Å². The number of nitrogens with one attached hydrogen (secondary N) is 2. The van der Waals surface area contributed by atoms with Crippen molar-refractivity contribution in [2.45, 2.75) is 17.9 Å². The third-order valence-corrected chi connectivity index (χ3v) is 5.74. The minimum Gasteiger partial charge on any atom is -0.348 e. The van der Waals surface area contributed by atoms with Crippen LogP contribution in [0.4, 0.5) is 14.5 Å². The molecule has 1 aromatic carbocycles. The third-order valence-electron chi connectivity index (χ3n) is 5.03. The summed E-state index contributed by atoms with van der Waals surface area (Å²) < 4.78 is 26.8. The maximum Gasteiger partial charge on any atom is 0.313 e. The first-order chi connectivity index (χ1) is 14.9. The Morgan fingerprint density at radius 1 is 1.16 bits per heavy atom. The molecule has 164 valence electrons. The summed E-state index contributed by atoms with van der Waals surface area (Å²) in [7, 11) is 0. The summed E-state index contributed by atoms with van der Waals surface area (Å²) in [6.45, 7) is 1.31. The van der Waals surface area contributed by atoms with E-state index < -0.39 is 29.1 Å². The number of amides is 3. The van der Waals surface area contributed by atoms with Crippen LogP contribution < -0.4 is 10.6 Å². The lowest BCUT2D eigenvalue weighted by Gasteiger charge is -2.32. The summed E-state index contributed by atoms with van der Waals surface area (Å²) in [6, 6.07) is 6.07. The predicted molar refractivity (Wildman–Crippen MR) is 113 cm³/mol. The van der Waals surface area contributed by atoms with E-state index in [1.165, 1.54) is 11.8 Å². The smallest absolute Gasteiger partial charge is 0.313 e. The molecule has 10 heteroatoms. The number of pyridine rings is 1. The molecule has 1 saturated heterocycles. The van der Waals surface area contributed by atoms with Crippen LogP contribution in [0.25, 0.3) is 0 Å². The Hall–Kier alpha value is -3.01. The Balaban J connectivity index is 1.46. The average molecular weight is 448 g/mol. The van der Waals surface area contributed by atoms with Gasteiger partial charge in [0, 0.05) is 31.9 Å². The number of aromatic nitrogens is 1. The fourth-order valence-electron chi connectivity index (χ4n) is 3.32. The number of carbonyl (C=O) groups excluding carboxylic acids is 3. The summed E-state index contributed by atoms with van der Waals surface area (Å²) in [4.78, 5) is 42.7. The first kappa shape index (κ1) is 22.7. The summed E-state index contributed by atoms with van der Waals surface area (Å²) in [5, 5.41) is 5.26. The molecular weight excluding hydrogens is 426 g/mol. The molecule has 0 radical (unpaired) electrons. The highest BCUT2D eigenvalue weighted by molar-refractivity contribution is 7.98. The minimum atomic E-state index is -1.07. The molecule has 31 heavy (non-hydrogen) atoms. The van der Waals surface area contributed by atoms with Crippen molar-refractivity contribution in [2.24, 2.45) is 5.92 Å². The summed E-state index contributed by atoms with van der Waals surface area (Å²) >= 11 is 1.42. The molecule has 1 aliphatic rings. The van der Waals surface area contributed by atoms with Gasteiger partial charge < -0.3 is 15.5 Å². The first-order valence-electron chi connectivity index (χ1n) is 9.71. The Morgan fingerprint density at radius 2 is 1.90 bits per heavy atom. The number of carbonyl (C=O) groups is 3. The molecule has 0 bridgehead atoms. The number of thioether (sulfide) groups is 1. The average Bonchev–Trinajstić information content (AvgIpc) is 2.79. The monoisotopic (exact) mass is 448 g/mol. The lowest BCUT2D eigenvalue weighted by molar-refractivity contribution is -0.136. The normalized spacial score (nSPS) is 14.2. The maximum atomic E-state index is 13.6. The molecule has 1 aliphatic heterocycles. The van der Waals surface area contributed by atoms with Gasteiger partial charge in [0.2, 0.25) is 0 Å². The van der Waals surface area contributed by atoms with Gasteiger partial charge in [0.05, 0.1) is 11.3 Å². The number of nitrogens with zero attached hydrogens (tertiary/aromatic N) is 2. The zero-order valence-electron chi connectivity index (χ0n) is 16.9. The number of anilines is 1. The van der Waals surface area contributed by atoms with Crippen molar-refractivity contribution in [3.05, 3.63) is 53.7 Å². The van der Waals surface area contributed by atoms with E-state index in [2.05, 4.69) is 15.6 Å². The Morgan fingerprint density at radius 3 is 2.61 bits per heavy atom. The van der Waals surface area contributed by atoms with Gasteiger partial charge >= 0.3 is 11.8 Å². The van der Waals surface area contributed by atoms with E-state index in [9.17, 15) is 23.2 Å². The number of halogens is 2. The molecule has 7 nitrogen and oxygen atoms in total. The second-order valence-electron chi connectivity index (χ2n) is 7.08. The maximum absolute atomic E-state index is 13.6. The fourth-order valence-corrected chi connectivity index (χ4v) is 3.86. The molecule has 2 N–H and O–H groups in total. The second-order valence-corrected chi connectivity index (χ2v) is 7.88. The van der Waals surface area contributed by atoms with Crippen molar-refractivity contribution >= 4 is 35.2 Å². The number of piperidine rings is 1. The summed E-state index contributed by atoms with van der Waals surface area (Å²) in [5.74, 6) is -3.54. The molecule has 2 aromatic rings. The predicted octanol–water partition coefficient (Wildman–Crippen LogP) is 2.69. The molecule has 1 fully saturated rings. The molecule has 0 spiro atoms. The molecule has 0 unspecified atom stereocenters. The zero-order chi connectivity index (χ0) is 22.4. The largest absolute Gasteiger partial charge is 0.348 e. The zero-order valence-corrected chi connectivity index (χ0v) is 17.7. The topological polar surface area (TPSA) is 91.4 Å². The van der Waals surface area contributed by atoms with Crippen molar-refractivity contribution in [1.29, 1.82) is 0 Å². The quantitative estimate of drug-likeness (QED) is 0.542. The number of likely N-dealkylation sites (tertiary alicyclic amines) is 1. The molecule has 3 amide bonds. The van der Waals surface area contributed by atoms with Crippen molar-refractivity contribution in [2.75, 3.05) is 31.2 Å². The van der Waals surface area contributed by atoms with Crippen LogP contribution in [0.3, 0.4) is 0 Å². The van der Waals surface area contributed by atoms with Crippen LogP contribution >= 0.6 is 11.8 Å². The van der Waals surface area contributed by atoms with Crippen LogP contribution in [-0.4, -0.2) is 53.5 Å². The van der Waals surface area contributed by atoms with E-state index in [0.29, 0.717) is 36.5 Å². The van der Waals surface area contributed by atoms with Gasteiger partial charge in [-0.15, -0.1) is 11.8 Å². The molecule has 3 rings (SSSR count). The molecule has 0 saturated carbocycles. The van der Waals surface area contributed by atoms with Gasteiger partial charge in [-0.05, 0) is 49.3 Å². The van der Waals surface area contributed by atoms with E-state index >= 15 is 0 Å². The van der Waals surface area contributed by atoms with Crippen LogP contribution in [0.2, 0.25) is 0 Å². The Bertz CT molecular complexity index is 981. The standard InChI is InChI=1S/C21H22F2N4O3S/c1-31-20-15(3-2-8-24-20)21(30)27-9-6-13(7-10-27)12-25-18(28)19(29)26-17-11-14(22)4-5-16(17)23/h2-5,8,11,13H,6-7,9-10,12H2,1H3,(H,25,28)(H,26,29). The highest BCUT2D eigenvalue weighted by atomic mass is 32.2. The number of hydrogen-bond donors (Lipinski definition) is 2. The highest BCUT2D eigenvalue weighted by Gasteiger charge is 2.26. The van der Waals surface area contributed by atoms with E-state index in [0.717, 1.165) is 18.2 Å².